The van der Waals surface area contributed by atoms with Crippen molar-refractivity contribution in [1.29, 1.82) is 0 Å². The van der Waals surface area contributed by atoms with E-state index in [1.165, 1.54) is 24.2 Å². The van der Waals surface area contributed by atoms with E-state index < -0.39 is 0 Å². The lowest BCUT2D eigenvalue weighted by Crippen LogP contribution is -2.30. The molecule has 2 amide bonds. The van der Waals surface area contributed by atoms with Crippen molar-refractivity contribution in [3.05, 3.63) is 54.1 Å². The molecule has 0 radical (unpaired) electrons. The van der Waals surface area contributed by atoms with Gasteiger partial charge in [-0.1, -0.05) is 36.0 Å². The largest absolute Gasteiger partial charge is 0.326 e. The average Bonchev–Trinajstić information content (AvgIpc) is 3.33. The normalized spacial score (nSPS) is 12.7. The van der Waals surface area contributed by atoms with Gasteiger partial charge >= 0.3 is 0 Å². The van der Waals surface area contributed by atoms with Crippen LogP contribution in [0.2, 0.25) is 0 Å². The Morgan fingerprint density at radius 1 is 1.18 bits per heavy atom. The number of rotatable bonds is 5. The molecule has 1 N–H and O–H groups in total. The molecule has 1 aliphatic heterocycles. The highest BCUT2D eigenvalue weighted by molar-refractivity contribution is 7.99. The smallest absolute Gasteiger partial charge is 0.237 e. The van der Waals surface area contributed by atoms with E-state index in [9.17, 15) is 9.59 Å². The number of thioether (sulfide) groups is 1. The lowest BCUT2D eigenvalue weighted by Gasteiger charge is -2.16. The van der Waals surface area contributed by atoms with Gasteiger partial charge in [0, 0.05) is 24.8 Å². The number of carbonyl (C=O) groups excluding carboxylic acids is 2. The van der Waals surface area contributed by atoms with Crippen molar-refractivity contribution in [2.45, 2.75) is 18.5 Å². The van der Waals surface area contributed by atoms with Crippen LogP contribution >= 0.6 is 11.8 Å². The summed E-state index contributed by atoms with van der Waals surface area (Å²) in [5.74, 6) is 0.108. The first kappa shape index (κ1) is 18.2. The van der Waals surface area contributed by atoms with Crippen LogP contribution in [0.3, 0.4) is 0 Å². The van der Waals surface area contributed by atoms with Crippen molar-refractivity contribution in [3.8, 4) is 5.69 Å². The van der Waals surface area contributed by atoms with Crippen molar-refractivity contribution in [1.82, 2.24) is 20.2 Å². The molecule has 9 heteroatoms. The summed E-state index contributed by atoms with van der Waals surface area (Å²) in [5, 5.41) is 15.0. The van der Waals surface area contributed by atoms with Crippen LogP contribution in [0.1, 0.15) is 12.5 Å². The first-order chi connectivity index (χ1) is 13.6. The third-order valence-corrected chi connectivity index (χ3v) is 5.27. The summed E-state index contributed by atoms with van der Waals surface area (Å²) in [6.07, 6.45) is 0.875. The van der Waals surface area contributed by atoms with Gasteiger partial charge in [0.2, 0.25) is 17.0 Å². The number of fused-ring (bicyclic) bond motifs is 1. The zero-order valence-electron chi connectivity index (χ0n) is 15.2. The van der Waals surface area contributed by atoms with Crippen molar-refractivity contribution < 1.29 is 9.59 Å². The standard InChI is InChI=1S/C19H18N6O2S/c1-13(26)20-15-6-4-7-16(11-15)25-19(21-22-23-25)28-12-18(27)24-10-9-14-5-2-3-8-17(14)24/h2-8,11H,9-10,12H2,1H3,(H,20,26). The van der Waals surface area contributed by atoms with Crippen LogP contribution in [-0.4, -0.2) is 44.3 Å². The molecule has 0 spiro atoms. The molecule has 4 rings (SSSR count). The second-order valence-electron chi connectivity index (χ2n) is 6.32. The van der Waals surface area contributed by atoms with E-state index in [4.69, 9.17) is 0 Å². The topological polar surface area (TPSA) is 93.0 Å². The van der Waals surface area contributed by atoms with Crippen LogP contribution in [-0.2, 0) is 16.0 Å². The van der Waals surface area contributed by atoms with Crippen molar-refractivity contribution >= 4 is 35.0 Å². The number of aromatic nitrogens is 4. The summed E-state index contributed by atoms with van der Waals surface area (Å²) in [5.41, 5.74) is 3.54. The third-order valence-electron chi connectivity index (χ3n) is 4.36. The number of benzene rings is 2. The molecule has 2 aromatic carbocycles. The van der Waals surface area contributed by atoms with E-state index in [-0.39, 0.29) is 17.6 Å². The summed E-state index contributed by atoms with van der Waals surface area (Å²) in [6, 6.07) is 15.2. The predicted molar refractivity (Wildman–Crippen MR) is 107 cm³/mol. The number of hydrogen-bond acceptors (Lipinski definition) is 6. The fourth-order valence-corrected chi connectivity index (χ4v) is 3.92. The Morgan fingerprint density at radius 3 is 2.89 bits per heavy atom. The highest BCUT2D eigenvalue weighted by Crippen LogP contribution is 2.29. The molecule has 0 atom stereocenters. The van der Waals surface area contributed by atoms with Gasteiger partial charge in [-0.2, -0.15) is 4.68 Å². The van der Waals surface area contributed by atoms with Crippen LogP contribution in [0.4, 0.5) is 11.4 Å². The maximum absolute atomic E-state index is 12.7. The van der Waals surface area contributed by atoms with Crippen LogP contribution in [0.5, 0.6) is 0 Å². The summed E-state index contributed by atoms with van der Waals surface area (Å²) in [4.78, 5) is 25.8. The Balaban J connectivity index is 1.47. The van der Waals surface area contributed by atoms with E-state index >= 15 is 0 Å². The maximum atomic E-state index is 12.7. The number of carbonyl (C=O) groups is 2. The zero-order valence-corrected chi connectivity index (χ0v) is 16.0. The van der Waals surface area contributed by atoms with Gasteiger partial charge < -0.3 is 10.2 Å². The fourth-order valence-electron chi connectivity index (χ4n) is 3.15. The lowest BCUT2D eigenvalue weighted by atomic mass is 10.2. The molecule has 0 fully saturated rings. The Kier molecular flexibility index (Phi) is 5.07. The summed E-state index contributed by atoms with van der Waals surface area (Å²) >= 11 is 1.29. The molecule has 0 saturated heterocycles. The second-order valence-corrected chi connectivity index (χ2v) is 7.26. The minimum absolute atomic E-state index is 0.0245. The summed E-state index contributed by atoms with van der Waals surface area (Å²) in [7, 11) is 0. The molecule has 1 aliphatic rings. The molecule has 0 saturated carbocycles. The Bertz CT molecular complexity index is 1030. The first-order valence-corrected chi connectivity index (χ1v) is 9.78. The molecule has 2 heterocycles. The number of nitrogens with one attached hydrogen (secondary N) is 1. The highest BCUT2D eigenvalue weighted by Gasteiger charge is 2.24. The van der Waals surface area contributed by atoms with E-state index in [1.807, 2.05) is 35.2 Å². The van der Waals surface area contributed by atoms with Gasteiger partial charge in [-0.3, -0.25) is 9.59 Å². The Labute approximate surface area is 165 Å². The van der Waals surface area contributed by atoms with Gasteiger partial charge in [-0.05, 0) is 46.7 Å². The average molecular weight is 394 g/mol. The Hall–Kier alpha value is -3.20. The second kappa shape index (κ2) is 7.81. The van der Waals surface area contributed by atoms with E-state index in [0.717, 1.165) is 12.1 Å². The molecular formula is C19H18N6O2S. The lowest BCUT2D eigenvalue weighted by molar-refractivity contribution is -0.116. The number of anilines is 2. The van der Waals surface area contributed by atoms with Gasteiger partial charge in [0.25, 0.3) is 0 Å². The summed E-state index contributed by atoms with van der Waals surface area (Å²) in [6.45, 7) is 2.15. The number of amides is 2. The fraction of sp³-hybridized carbons (Fsp3) is 0.211. The van der Waals surface area contributed by atoms with Crippen LogP contribution in [0, 0.1) is 0 Å². The Morgan fingerprint density at radius 2 is 2.04 bits per heavy atom. The number of hydrogen-bond donors (Lipinski definition) is 1. The van der Waals surface area contributed by atoms with Crippen molar-refractivity contribution in [3.63, 3.8) is 0 Å². The minimum atomic E-state index is -0.153. The van der Waals surface area contributed by atoms with Gasteiger partial charge in [-0.15, -0.1) is 5.10 Å². The maximum Gasteiger partial charge on any atom is 0.237 e. The summed E-state index contributed by atoms with van der Waals surface area (Å²) < 4.78 is 1.56. The van der Waals surface area contributed by atoms with E-state index in [2.05, 4.69) is 26.9 Å². The predicted octanol–water partition coefficient (Wildman–Crippen LogP) is 2.30. The molecule has 8 nitrogen and oxygen atoms in total. The molecular weight excluding hydrogens is 376 g/mol. The van der Waals surface area contributed by atoms with Gasteiger partial charge in [0.15, 0.2) is 0 Å². The van der Waals surface area contributed by atoms with Crippen LogP contribution < -0.4 is 10.2 Å². The van der Waals surface area contributed by atoms with Crippen LogP contribution in [0.25, 0.3) is 5.69 Å². The van der Waals surface area contributed by atoms with E-state index in [1.54, 1.807) is 16.8 Å². The molecule has 3 aromatic rings. The monoisotopic (exact) mass is 394 g/mol. The zero-order chi connectivity index (χ0) is 19.5. The van der Waals surface area contributed by atoms with Crippen molar-refractivity contribution in [2.24, 2.45) is 0 Å². The molecule has 0 bridgehead atoms. The number of nitrogens with zero attached hydrogens (tertiary/aromatic N) is 5. The SMILES string of the molecule is CC(=O)Nc1cccc(-n2nnnc2SCC(=O)N2CCc3ccccc32)c1. The molecule has 142 valence electrons. The van der Waals surface area contributed by atoms with Crippen molar-refractivity contribution in [2.75, 3.05) is 22.5 Å². The van der Waals surface area contributed by atoms with Gasteiger partial charge in [0.05, 0.1) is 11.4 Å². The first-order valence-electron chi connectivity index (χ1n) is 8.79. The molecule has 28 heavy (non-hydrogen) atoms. The quantitative estimate of drug-likeness (QED) is 0.668. The molecule has 0 unspecified atom stereocenters. The van der Waals surface area contributed by atoms with Gasteiger partial charge in [-0.25, -0.2) is 0 Å². The van der Waals surface area contributed by atoms with Crippen LogP contribution in [0.15, 0.2) is 53.7 Å². The minimum Gasteiger partial charge on any atom is -0.326 e. The number of tetrazole rings is 1. The highest BCUT2D eigenvalue weighted by atomic mass is 32.2. The third kappa shape index (κ3) is 3.74. The van der Waals surface area contributed by atoms with E-state index in [0.29, 0.717) is 23.1 Å². The van der Waals surface area contributed by atoms with Gasteiger partial charge in [0.1, 0.15) is 0 Å². The molecule has 0 aliphatic carbocycles. The number of para-hydroxylation sites is 1. The molecule has 1 aromatic heterocycles.